The first-order chi connectivity index (χ1) is 24.8. The van der Waals surface area contributed by atoms with Crippen molar-refractivity contribution >= 4 is 80.9 Å². The van der Waals surface area contributed by atoms with Crippen LogP contribution in [0.5, 0.6) is 0 Å². The number of rotatable bonds is 5. The molecule has 0 spiro atoms. The molecular formula is C48H31NS. The smallest absolute Gasteiger partial charge is 0.0468 e. The summed E-state index contributed by atoms with van der Waals surface area (Å²) < 4.78 is 2.68. The first-order valence-electron chi connectivity index (χ1n) is 17.1. The van der Waals surface area contributed by atoms with Crippen LogP contribution in [0.25, 0.3) is 74.7 Å². The third-order valence-corrected chi connectivity index (χ3v) is 11.2. The van der Waals surface area contributed by atoms with Gasteiger partial charge in [0.1, 0.15) is 0 Å². The molecule has 10 aromatic rings. The number of fused-ring (bicyclic) bond motifs is 8. The molecular weight excluding hydrogens is 623 g/mol. The minimum absolute atomic E-state index is 1.12. The number of thiophene rings is 1. The molecule has 0 atom stereocenters. The van der Waals surface area contributed by atoms with E-state index < -0.39 is 0 Å². The Morgan fingerprint density at radius 1 is 0.300 bits per heavy atom. The maximum absolute atomic E-state index is 2.39. The van der Waals surface area contributed by atoms with Crippen LogP contribution in [0.4, 0.5) is 17.1 Å². The van der Waals surface area contributed by atoms with E-state index in [1.54, 1.807) is 0 Å². The average Bonchev–Trinajstić information content (AvgIpc) is 3.58. The third kappa shape index (κ3) is 4.84. The van der Waals surface area contributed by atoms with E-state index in [-0.39, 0.29) is 0 Å². The van der Waals surface area contributed by atoms with Crippen LogP contribution in [0.3, 0.4) is 0 Å². The maximum Gasteiger partial charge on any atom is 0.0468 e. The lowest BCUT2D eigenvalue weighted by Gasteiger charge is -2.27. The summed E-state index contributed by atoms with van der Waals surface area (Å²) in [7, 11) is 0. The van der Waals surface area contributed by atoms with Crippen LogP contribution in [0.1, 0.15) is 0 Å². The van der Waals surface area contributed by atoms with Gasteiger partial charge in [-0.3, -0.25) is 0 Å². The van der Waals surface area contributed by atoms with Crippen molar-refractivity contribution < 1.29 is 0 Å². The molecule has 0 fully saturated rings. The maximum atomic E-state index is 2.39. The van der Waals surface area contributed by atoms with E-state index in [0.717, 1.165) is 17.1 Å². The lowest BCUT2D eigenvalue weighted by Crippen LogP contribution is -2.10. The van der Waals surface area contributed by atoms with Crippen molar-refractivity contribution in [1.82, 2.24) is 0 Å². The predicted molar refractivity (Wildman–Crippen MR) is 217 cm³/mol. The van der Waals surface area contributed by atoms with Crippen LogP contribution in [0.15, 0.2) is 188 Å². The summed E-state index contributed by atoms with van der Waals surface area (Å²) >= 11 is 1.87. The van der Waals surface area contributed by atoms with Crippen molar-refractivity contribution in [1.29, 1.82) is 0 Å². The topological polar surface area (TPSA) is 3.24 Å². The van der Waals surface area contributed by atoms with Crippen LogP contribution in [0, 0.1) is 0 Å². The van der Waals surface area contributed by atoms with E-state index in [0.29, 0.717) is 0 Å². The first-order valence-corrected chi connectivity index (χ1v) is 17.9. The molecule has 0 N–H and O–H groups in total. The Morgan fingerprint density at radius 2 is 0.920 bits per heavy atom. The lowest BCUT2D eigenvalue weighted by atomic mass is 9.98. The lowest BCUT2D eigenvalue weighted by molar-refractivity contribution is 1.29. The second-order valence-corrected chi connectivity index (χ2v) is 14.0. The molecule has 0 aliphatic heterocycles. The highest BCUT2D eigenvalue weighted by molar-refractivity contribution is 7.26. The highest BCUT2D eigenvalue weighted by atomic mass is 32.1. The van der Waals surface area contributed by atoms with E-state index in [1.807, 2.05) is 11.3 Å². The number of hydrogen-bond acceptors (Lipinski definition) is 2. The van der Waals surface area contributed by atoms with E-state index >= 15 is 0 Å². The van der Waals surface area contributed by atoms with Crippen LogP contribution in [-0.4, -0.2) is 0 Å². The van der Waals surface area contributed by atoms with Crippen LogP contribution in [0.2, 0.25) is 0 Å². The van der Waals surface area contributed by atoms with Crippen LogP contribution in [-0.2, 0) is 0 Å². The van der Waals surface area contributed by atoms with Crippen molar-refractivity contribution in [2.45, 2.75) is 0 Å². The van der Waals surface area contributed by atoms with Gasteiger partial charge in [-0.15, -0.1) is 11.3 Å². The number of anilines is 3. The summed E-state index contributed by atoms with van der Waals surface area (Å²) in [5, 5.41) is 10.3. The van der Waals surface area contributed by atoms with Gasteiger partial charge in [0, 0.05) is 37.2 Å². The van der Waals surface area contributed by atoms with Crippen molar-refractivity contribution in [3.63, 3.8) is 0 Å². The fourth-order valence-electron chi connectivity index (χ4n) is 7.57. The molecule has 9 aromatic carbocycles. The highest BCUT2D eigenvalue weighted by Gasteiger charge is 2.16. The Balaban J connectivity index is 1.09. The van der Waals surface area contributed by atoms with E-state index in [2.05, 4.69) is 193 Å². The van der Waals surface area contributed by atoms with Gasteiger partial charge in [-0.25, -0.2) is 0 Å². The van der Waals surface area contributed by atoms with Gasteiger partial charge in [0.05, 0.1) is 0 Å². The second kappa shape index (κ2) is 11.7. The average molecular weight is 654 g/mol. The van der Waals surface area contributed by atoms with E-state index in [4.69, 9.17) is 0 Å². The molecule has 1 nitrogen and oxygen atoms in total. The summed E-state index contributed by atoms with van der Waals surface area (Å²) in [5.74, 6) is 0. The molecule has 234 valence electrons. The minimum atomic E-state index is 1.12. The molecule has 0 aliphatic carbocycles. The van der Waals surface area contributed by atoms with Crippen LogP contribution >= 0.6 is 11.3 Å². The third-order valence-electron chi connectivity index (χ3n) is 10.0. The molecule has 0 saturated heterocycles. The SMILES string of the molecule is c1ccc(-c2cccc(N(c3ccc(-c4ccc5c(ccc6sc7ccccc7c65)c4)cc3)c3ccc4ccc5ccccc5c4c3)c2)cc1. The molecule has 0 amide bonds. The Bertz CT molecular complexity index is 2870. The number of hydrogen-bond donors (Lipinski definition) is 0. The summed E-state index contributed by atoms with van der Waals surface area (Å²) in [6.07, 6.45) is 0. The molecule has 50 heavy (non-hydrogen) atoms. The van der Waals surface area contributed by atoms with Gasteiger partial charge in [-0.1, -0.05) is 133 Å². The van der Waals surface area contributed by atoms with Gasteiger partial charge < -0.3 is 4.90 Å². The Kier molecular flexibility index (Phi) is 6.75. The van der Waals surface area contributed by atoms with Crippen molar-refractivity contribution in [2.75, 3.05) is 4.90 Å². The van der Waals surface area contributed by atoms with E-state index in [9.17, 15) is 0 Å². The highest BCUT2D eigenvalue weighted by Crippen LogP contribution is 2.42. The minimum Gasteiger partial charge on any atom is -0.310 e. The first kappa shape index (κ1) is 28.8. The van der Waals surface area contributed by atoms with Crippen molar-refractivity contribution in [3.05, 3.63) is 188 Å². The van der Waals surface area contributed by atoms with Gasteiger partial charge in [-0.2, -0.15) is 0 Å². The van der Waals surface area contributed by atoms with Gasteiger partial charge in [0.25, 0.3) is 0 Å². The number of nitrogens with zero attached hydrogens (tertiary/aromatic N) is 1. The normalized spacial score (nSPS) is 11.6. The van der Waals surface area contributed by atoms with Crippen LogP contribution < -0.4 is 4.90 Å². The molecule has 0 aliphatic rings. The predicted octanol–water partition coefficient (Wildman–Crippen LogP) is 14.3. The zero-order valence-electron chi connectivity index (χ0n) is 27.3. The molecule has 2 heteroatoms. The second-order valence-electron chi connectivity index (χ2n) is 13.0. The Morgan fingerprint density at radius 3 is 1.80 bits per heavy atom. The van der Waals surface area contributed by atoms with Gasteiger partial charge >= 0.3 is 0 Å². The van der Waals surface area contributed by atoms with E-state index in [1.165, 1.54) is 74.7 Å². The monoisotopic (exact) mass is 653 g/mol. The van der Waals surface area contributed by atoms with Gasteiger partial charge in [0.2, 0.25) is 0 Å². The molecule has 0 saturated carbocycles. The standard InChI is InChI=1S/C48H31NS/c1-2-9-32(10-3-1)36-12-8-13-40(30-36)49(41-26-21-35-18-17-34-11-4-5-14-42(34)45(35)31-41)39-24-19-33(20-25-39)37-22-27-43-38(29-37)23-28-47-48(43)44-15-6-7-16-46(44)50-47/h1-31H. The zero-order chi connectivity index (χ0) is 33.0. The molecule has 1 aromatic heterocycles. The van der Waals surface area contributed by atoms with Gasteiger partial charge in [0.15, 0.2) is 0 Å². The van der Waals surface area contributed by atoms with Crippen molar-refractivity contribution in [2.24, 2.45) is 0 Å². The Hall–Kier alpha value is -6.22. The molecule has 10 rings (SSSR count). The zero-order valence-corrected chi connectivity index (χ0v) is 28.1. The summed E-state index contributed by atoms with van der Waals surface area (Å²) in [5.41, 5.74) is 8.19. The largest absolute Gasteiger partial charge is 0.310 e. The molecule has 0 bridgehead atoms. The molecule has 0 radical (unpaired) electrons. The fourth-order valence-corrected chi connectivity index (χ4v) is 8.69. The quantitative estimate of drug-likeness (QED) is 0.167. The summed E-state index contributed by atoms with van der Waals surface area (Å²) in [4.78, 5) is 2.39. The Labute approximate surface area is 294 Å². The summed E-state index contributed by atoms with van der Waals surface area (Å²) in [6, 6.07) is 68.7. The van der Waals surface area contributed by atoms with Gasteiger partial charge in [-0.05, 0) is 109 Å². The molecule has 0 unspecified atom stereocenters. The van der Waals surface area contributed by atoms with Crippen molar-refractivity contribution in [3.8, 4) is 22.3 Å². The summed E-state index contributed by atoms with van der Waals surface area (Å²) in [6.45, 7) is 0. The molecule has 1 heterocycles. The number of benzene rings is 9. The fraction of sp³-hybridized carbons (Fsp3) is 0.